The molecule has 2 aromatic rings. The Bertz CT molecular complexity index is 857. The Morgan fingerprint density at radius 1 is 1.00 bits per heavy atom. The van der Waals surface area contributed by atoms with Gasteiger partial charge >= 0.3 is 0 Å². The van der Waals surface area contributed by atoms with Gasteiger partial charge in [-0.05, 0) is 49.6 Å². The van der Waals surface area contributed by atoms with Gasteiger partial charge in [-0.2, -0.15) is 0 Å². The molecule has 1 saturated heterocycles. The lowest BCUT2D eigenvalue weighted by atomic mass is 10.1. The Labute approximate surface area is 166 Å². The van der Waals surface area contributed by atoms with E-state index in [4.69, 9.17) is 0 Å². The van der Waals surface area contributed by atoms with E-state index in [0.29, 0.717) is 25.3 Å². The lowest BCUT2D eigenvalue weighted by Crippen LogP contribution is -2.49. The smallest absolute Gasteiger partial charge is 0.272 e. The molecule has 0 spiro atoms. The number of nitrogens with one attached hydrogen (secondary N) is 1. The number of carbonyl (C=O) groups excluding carboxylic acids is 2. The first-order valence-electron chi connectivity index (χ1n) is 9.87. The maximum absolute atomic E-state index is 12.9. The number of hydrogen-bond acceptors (Lipinski definition) is 4. The summed E-state index contributed by atoms with van der Waals surface area (Å²) >= 11 is 0. The van der Waals surface area contributed by atoms with Crippen LogP contribution in [0.1, 0.15) is 45.4 Å². The zero-order valence-corrected chi connectivity index (χ0v) is 16.9. The van der Waals surface area contributed by atoms with Crippen molar-refractivity contribution in [3.05, 3.63) is 58.9 Å². The van der Waals surface area contributed by atoms with Crippen LogP contribution in [0.2, 0.25) is 0 Å². The monoisotopic (exact) mass is 380 g/mol. The van der Waals surface area contributed by atoms with Gasteiger partial charge in [-0.1, -0.05) is 25.1 Å². The molecule has 1 aromatic carbocycles. The minimum absolute atomic E-state index is 0.120. The van der Waals surface area contributed by atoms with Crippen molar-refractivity contribution < 1.29 is 9.59 Å². The van der Waals surface area contributed by atoms with Crippen LogP contribution in [0, 0.1) is 13.8 Å². The Morgan fingerprint density at radius 2 is 1.68 bits per heavy atom. The number of carbonyl (C=O) groups is 2. The summed E-state index contributed by atoms with van der Waals surface area (Å²) in [5.74, 6) is -0.359. The van der Waals surface area contributed by atoms with E-state index in [1.165, 1.54) is 16.8 Å². The normalized spacial score (nSPS) is 14.1. The van der Waals surface area contributed by atoms with Gasteiger partial charge in [-0.15, -0.1) is 0 Å². The van der Waals surface area contributed by atoms with Gasteiger partial charge in [0.1, 0.15) is 11.4 Å². The number of anilines is 1. The van der Waals surface area contributed by atoms with Gasteiger partial charge in [-0.3, -0.25) is 9.59 Å². The third-order valence-electron chi connectivity index (χ3n) is 5.22. The Morgan fingerprint density at radius 3 is 2.39 bits per heavy atom. The number of nitrogens with zero attached hydrogens (tertiary/aromatic N) is 3. The number of pyridine rings is 1. The van der Waals surface area contributed by atoms with E-state index in [1.54, 1.807) is 18.2 Å². The molecule has 0 unspecified atom stereocenters. The van der Waals surface area contributed by atoms with Crippen LogP contribution < -0.4 is 10.2 Å². The molecule has 0 bridgehead atoms. The quantitative estimate of drug-likeness (QED) is 0.866. The van der Waals surface area contributed by atoms with Crippen LogP contribution >= 0.6 is 0 Å². The molecule has 3 rings (SSSR count). The predicted octanol–water partition coefficient (Wildman–Crippen LogP) is 2.80. The Kier molecular flexibility index (Phi) is 6.29. The molecule has 28 heavy (non-hydrogen) atoms. The van der Waals surface area contributed by atoms with Crippen molar-refractivity contribution in [3.63, 3.8) is 0 Å². The molecule has 2 heterocycles. The Hall–Kier alpha value is -2.89. The van der Waals surface area contributed by atoms with Crippen LogP contribution in [-0.4, -0.2) is 54.4 Å². The standard InChI is InChI=1S/C22H28N4O2/c1-4-11-23-21(27)18-8-6-9-19(24-18)22(28)26-14-12-25(13-15-26)20-10-5-7-16(2)17(20)3/h5-10H,4,11-15H2,1-3H3,(H,23,27). The van der Waals surface area contributed by atoms with Gasteiger partial charge in [0.25, 0.3) is 11.8 Å². The van der Waals surface area contributed by atoms with Gasteiger partial charge in [0.2, 0.25) is 0 Å². The van der Waals surface area contributed by atoms with Crippen molar-refractivity contribution in [2.24, 2.45) is 0 Å². The molecule has 1 aliphatic heterocycles. The van der Waals surface area contributed by atoms with Crippen molar-refractivity contribution >= 4 is 17.5 Å². The zero-order valence-electron chi connectivity index (χ0n) is 16.9. The summed E-state index contributed by atoms with van der Waals surface area (Å²) in [5, 5.41) is 2.80. The number of aromatic nitrogens is 1. The first-order chi connectivity index (χ1) is 13.5. The highest BCUT2D eigenvalue weighted by molar-refractivity contribution is 5.96. The lowest BCUT2D eigenvalue weighted by molar-refractivity contribution is 0.0740. The molecule has 1 fully saturated rings. The van der Waals surface area contributed by atoms with Gasteiger partial charge in [0, 0.05) is 38.4 Å². The van der Waals surface area contributed by atoms with Crippen LogP contribution in [0.15, 0.2) is 36.4 Å². The summed E-state index contributed by atoms with van der Waals surface area (Å²) in [6.07, 6.45) is 0.856. The van der Waals surface area contributed by atoms with Crippen molar-refractivity contribution in [2.45, 2.75) is 27.2 Å². The number of hydrogen-bond donors (Lipinski definition) is 1. The molecule has 6 heteroatoms. The minimum Gasteiger partial charge on any atom is -0.368 e. The largest absolute Gasteiger partial charge is 0.368 e. The van der Waals surface area contributed by atoms with E-state index in [2.05, 4.69) is 47.2 Å². The fraction of sp³-hybridized carbons (Fsp3) is 0.409. The molecule has 0 atom stereocenters. The number of benzene rings is 1. The molecule has 1 aliphatic rings. The summed E-state index contributed by atoms with van der Waals surface area (Å²) in [5.41, 5.74) is 4.41. The number of aryl methyl sites for hydroxylation is 1. The second kappa shape index (κ2) is 8.87. The summed E-state index contributed by atoms with van der Waals surface area (Å²) in [6, 6.07) is 11.4. The van der Waals surface area contributed by atoms with E-state index >= 15 is 0 Å². The van der Waals surface area contributed by atoms with Gasteiger partial charge in [-0.25, -0.2) is 4.98 Å². The van der Waals surface area contributed by atoms with Crippen LogP contribution in [-0.2, 0) is 0 Å². The molecule has 148 valence electrons. The SMILES string of the molecule is CCCNC(=O)c1cccc(C(=O)N2CCN(c3cccc(C)c3C)CC2)n1. The maximum atomic E-state index is 12.9. The first kappa shape index (κ1) is 19.9. The molecular formula is C22H28N4O2. The molecule has 0 saturated carbocycles. The van der Waals surface area contributed by atoms with Crippen molar-refractivity contribution in [1.82, 2.24) is 15.2 Å². The second-order valence-corrected chi connectivity index (χ2v) is 7.16. The summed E-state index contributed by atoms with van der Waals surface area (Å²) in [4.78, 5) is 33.4. The molecule has 1 aromatic heterocycles. The first-order valence-corrected chi connectivity index (χ1v) is 9.87. The molecule has 2 amide bonds. The average molecular weight is 380 g/mol. The summed E-state index contributed by atoms with van der Waals surface area (Å²) < 4.78 is 0. The topological polar surface area (TPSA) is 65.5 Å². The highest BCUT2D eigenvalue weighted by atomic mass is 16.2. The third kappa shape index (κ3) is 4.32. The molecule has 1 N–H and O–H groups in total. The van der Waals surface area contributed by atoms with E-state index in [1.807, 2.05) is 11.8 Å². The highest BCUT2D eigenvalue weighted by Gasteiger charge is 2.24. The van der Waals surface area contributed by atoms with Crippen molar-refractivity contribution in [2.75, 3.05) is 37.6 Å². The number of amides is 2. The van der Waals surface area contributed by atoms with Crippen LogP contribution in [0.4, 0.5) is 5.69 Å². The van der Waals surface area contributed by atoms with Gasteiger partial charge in [0.15, 0.2) is 0 Å². The lowest BCUT2D eigenvalue weighted by Gasteiger charge is -2.37. The molecule has 0 radical (unpaired) electrons. The fourth-order valence-electron chi connectivity index (χ4n) is 3.40. The summed E-state index contributed by atoms with van der Waals surface area (Å²) in [6.45, 7) is 9.69. The summed E-state index contributed by atoms with van der Waals surface area (Å²) in [7, 11) is 0. The highest BCUT2D eigenvalue weighted by Crippen LogP contribution is 2.24. The number of piperazine rings is 1. The predicted molar refractivity (Wildman–Crippen MR) is 111 cm³/mol. The van der Waals surface area contributed by atoms with Crippen LogP contribution in [0.5, 0.6) is 0 Å². The van der Waals surface area contributed by atoms with E-state index < -0.39 is 0 Å². The molecule has 6 nitrogen and oxygen atoms in total. The second-order valence-electron chi connectivity index (χ2n) is 7.16. The fourth-order valence-corrected chi connectivity index (χ4v) is 3.40. The average Bonchev–Trinajstić information content (AvgIpc) is 2.73. The Balaban J connectivity index is 1.65. The zero-order chi connectivity index (χ0) is 20.1. The van der Waals surface area contributed by atoms with Crippen LogP contribution in [0.3, 0.4) is 0 Å². The van der Waals surface area contributed by atoms with Gasteiger partial charge < -0.3 is 15.1 Å². The van der Waals surface area contributed by atoms with E-state index in [9.17, 15) is 9.59 Å². The van der Waals surface area contributed by atoms with Crippen LogP contribution in [0.25, 0.3) is 0 Å². The molecule has 0 aliphatic carbocycles. The maximum Gasteiger partial charge on any atom is 0.272 e. The third-order valence-corrected chi connectivity index (χ3v) is 5.22. The van der Waals surface area contributed by atoms with Crippen molar-refractivity contribution in [3.8, 4) is 0 Å². The van der Waals surface area contributed by atoms with E-state index in [-0.39, 0.29) is 17.5 Å². The van der Waals surface area contributed by atoms with Gasteiger partial charge in [0.05, 0.1) is 0 Å². The molecular weight excluding hydrogens is 352 g/mol. The van der Waals surface area contributed by atoms with Crippen molar-refractivity contribution in [1.29, 1.82) is 0 Å². The van der Waals surface area contributed by atoms with E-state index in [0.717, 1.165) is 19.5 Å². The minimum atomic E-state index is -0.240. The number of rotatable bonds is 5.